The van der Waals surface area contributed by atoms with E-state index >= 15 is 0 Å². The standard InChI is InChI=1S/C24H38N4O/c1-8-27(14-12-24(5,6)7)17-22-21(15-18(2)3)25-23-16-20(11-13-28(22)23)10-9-19(4)26-29/h9-11,13,16,18,26,29H,4,8,12,14-15,17H2,1-3,5-7H3/b10-9+. The Morgan fingerprint density at radius 2 is 2.10 bits per heavy atom. The molecule has 0 aliphatic rings. The van der Waals surface area contributed by atoms with E-state index in [0.29, 0.717) is 17.0 Å². The highest BCUT2D eigenvalue weighted by molar-refractivity contribution is 5.58. The zero-order valence-corrected chi connectivity index (χ0v) is 19.0. The monoisotopic (exact) mass is 398 g/mol. The quantitative estimate of drug-likeness (QED) is 0.421. The van der Waals surface area contributed by atoms with Crippen LogP contribution < -0.4 is 5.48 Å². The van der Waals surface area contributed by atoms with Crippen LogP contribution in [0.25, 0.3) is 11.7 Å². The van der Waals surface area contributed by atoms with Crippen LogP contribution in [0.2, 0.25) is 0 Å². The minimum Gasteiger partial charge on any atom is -0.302 e. The van der Waals surface area contributed by atoms with Gasteiger partial charge in [-0.15, -0.1) is 0 Å². The van der Waals surface area contributed by atoms with Crippen molar-refractivity contribution >= 4 is 11.7 Å². The molecule has 0 amide bonds. The van der Waals surface area contributed by atoms with Crippen molar-refractivity contribution in [3.8, 4) is 0 Å². The van der Waals surface area contributed by atoms with Gasteiger partial charge < -0.3 is 4.40 Å². The molecule has 2 rings (SSSR count). The van der Waals surface area contributed by atoms with E-state index in [9.17, 15) is 0 Å². The Kier molecular flexibility index (Phi) is 8.05. The van der Waals surface area contributed by atoms with Crippen LogP contribution in [0.3, 0.4) is 0 Å². The van der Waals surface area contributed by atoms with Gasteiger partial charge in [-0.3, -0.25) is 15.6 Å². The van der Waals surface area contributed by atoms with Crippen LogP contribution in [-0.2, 0) is 13.0 Å². The van der Waals surface area contributed by atoms with Crippen molar-refractivity contribution in [2.24, 2.45) is 11.3 Å². The molecule has 0 saturated carbocycles. The van der Waals surface area contributed by atoms with Gasteiger partial charge in [-0.2, -0.15) is 0 Å². The average molecular weight is 399 g/mol. The van der Waals surface area contributed by atoms with E-state index in [1.54, 1.807) is 6.08 Å². The summed E-state index contributed by atoms with van der Waals surface area (Å²) in [6.07, 6.45) is 7.92. The molecule has 2 aromatic rings. The number of pyridine rings is 1. The van der Waals surface area contributed by atoms with Crippen molar-refractivity contribution in [2.45, 2.75) is 60.9 Å². The highest BCUT2D eigenvalue weighted by Gasteiger charge is 2.18. The summed E-state index contributed by atoms with van der Waals surface area (Å²) in [5.74, 6) is 0.557. The van der Waals surface area contributed by atoms with E-state index < -0.39 is 0 Å². The van der Waals surface area contributed by atoms with Crippen LogP contribution in [0.15, 0.2) is 36.7 Å². The summed E-state index contributed by atoms with van der Waals surface area (Å²) in [5, 5.41) is 8.89. The fourth-order valence-corrected chi connectivity index (χ4v) is 3.27. The SMILES string of the molecule is C=C(/C=C/c1ccn2c(CN(CC)CCC(C)(C)C)c(CC(C)C)nc2c1)NO. The number of hydrogen-bond donors (Lipinski definition) is 2. The zero-order valence-electron chi connectivity index (χ0n) is 19.0. The first-order valence-corrected chi connectivity index (χ1v) is 10.6. The van der Waals surface area contributed by atoms with Gasteiger partial charge in [0.1, 0.15) is 5.65 Å². The van der Waals surface area contributed by atoms with Crippen molar-refractivity contribution in [1.82, 2.24) is 19.8 Å². The van der Waals surface area contributed by atoms with Gasteiger partial charge >= 0.3 is 0 Å². The van der Waals surface area contributed by atoms with Crippen molar-refractivity contribution in [3.63, 3.8) is 0 Å². The molecule has 2 aromatic heterocycles. The molecule has 0 atom stereocenters. The summed E-state index contributed by atoms with van der Waals surface area (Å²) in [6.45, 7) is 20.4. The van der Waals surface area contributed by atoms with Crippen LogP contribution in [0.1, 0.15) is 64.9 Å². The number of nitrogens with zero attached hydrogens (tertiary/aromatic N) is 3. The van der Waals surface area contributed by atoms with E-state index in [4.69, 9.17) is 10.2 Å². The van der Waals surface area contributed by atoms with E-state index in [2.05, 4.69) is 81.2 Å². The molecule has 0 aromatic carbocycles. The number of nitrogens with one attached hydrogen (secondary N) is 1. The van der Waals surface area contributed by atoms with Crippen molar-refractivity contribution in [2.75, 3.05) is 13.1 Å². The number of aromatic nitrogens is 2. The fourth-order valence-electron chi connectivity index (χ4n) is 3.27. The lowest BCUT2D eigenvalue weighted by atomic mass is 9.92. The normalized spacial score (nSPS) is 12.6. The maximum absolute atomic E-state index is 8.89. The zero-order chi connectivity index (χ0) is 21.6. The van der Waals surface area contributed by atoms with Crippen molar-refractivity contribution in [3.05, 3.63) is 53.6 Å². The minimum absolute atomic E-state index is 0.336. The van der Waals surface area contributed by atoms with Crippen molar-refractivity contribution in [1.29, 1.82) is 0 Å². The molecule has 5 nitrogen and oxygen atoms in total. The maximum atomic E-state index is 8.89. The lowest BCUT2D eigenvalue weighted by Gasteiger charge is -2.26. The summed E-state index contributed by atoms with van der Waals surface area (Å²) < 4.78 is 2.23. The van der Waals surface area contributed by atoms with Crippen LogP contribution in [0.4, 0.5) is 0 Å². The van der Waals surface area contributed by atoms with Gasteiger partial charge in [-0.1, -0.05) is 54.2 Å². The van der Waals surface area contributed by atoms with Crippen LogP contribution in [-0.4, -0.2) is 32.6 Å². The lowest BCUT2D eigenvalue weighted by molar-refractivity contribution is 0.205. The average Bonchev–Trinajstić information content (AvgIpc) is 2.97. The van der Waals surface area contributed by atoms with Crippen LogP contribution in [0, 0.1) is 11.3 Å². The third-order valence-corrected chi connectivity index (χ3v) is 5.05. The molecular formula is C24H38N4O. The molecule has 2 heterocycles. The van der Waals surface area contributed by atoms with Gasteiger partial charge in [0.25, 0.3) is 0 Å². The summed E-state index contributed by atoms with van der Waals surface area (Å²) in [4.78, 5) is 7.49. The molecule has 0 bridgehead atoms. The maximum Gasteiger partial charge on any atom is 0.137 e. The van der Waals surface area contributed by atoms with E-state index in [0.717, 1.165) is 37.3 Å². The highest BCUT2D eigenvalue weighted by Crippen LogP contribution is 2.22. The van der Waals surface area contributed by atoms with E-state index in [1.165, 1.54) is 17.8 Å². The Morgan fingerprint density at radius 1 is 1.38 bits per heavy atom. The van der Waals surface area contributed by atoms with Gasteiger partial charge in [0.15, 0.2) is 0 Å². The predicted molar refractivity (Wildman–Crippen MR) is 122 cm³/mol. The molecule has 0 fully saturated rings. The number of imidazole rings is 1. The largest absolute Gasteiger partial charge is 0.302 e. The fraction of sp³-hybridized carbons (Fsp3) is 0.542. The highest BCUT2D eigenvalue weighted by atomic mass is 16.5. The molecule has 29 heavy (non-hydrogen) atoms. The van der Waals surface area contributed by atoms with Crippen LogP contribution in [0.5, 0.6) is 0 Å². The Morgan fingerprint density at radius 3 is 2.69 bits per heavy atom. The summed E-state index contributed by atoms with van der Waals surface area (Å²) in [6, 6.07) is 4.16. The van der Waals surface area contributed by atoms with Crippen molar-refractivity contribution < 1.29 is 5.21 Å². The van der Waals surface area contributed by atoms with Gasteiger partial charge in [0.2, 0.25) is 0 Å². The number of rotatable bonds is 10. The first-order chi connectivity index (χ1) is 13.6. The van der Waals surface area contributed by atoms with Gasteiger partial charge in [0.05, 0.1) is 17.1 Å². The Balaban J connectivity index is 2.35. The summed E-state index contributed by atoms with van der Waals surface area (Å²) >= 11 is 0. The second kappa shape index (κ2) is 10.1. The number of allylic oxidation sites excluding steroid dienone is 1. The predicted octanol–water partition coefficient (Wildman–Crippen LogP) is 5.30. The molecule has 0 unspecified atom stereocenters. The van der Waals surface area contributed by atoms with Gasteiger partial charge in [-0.05, 0) is 61.0 Å². The number of hydroxylamine groups is 1. The second-order valence-corrected chi connectivity index (χ2v) is 9.44. The molecule has 5 heteroatoms. The molecule has 0 saturated heterocycles. The molecular weight excluding hydrogens is 360 g/mol. The van der Waals surface area contributed by atoms with Crippen LogP contribution >= 0.6 is 0 Å². The molecule has 0 radical (unpaired) electrons. The van der Waals surface area contributed by atoms with E-state index in [1.807, 2.05) is 6.08 Å². The third kappa shape index (κ3) is 7.02. The Hall–Kier alpha value is -2.11. The Labute approximate surface area is 176 Å². The summed E-state index contributed by atoms with van der Waals surface area (Å²) in [5.41, 5.74) is 7.32. The number of fused-ring (bicyclic) bond motifs is 1. The topological polar surface area (TPSA) is 52.8 Å². The molecule has 0 aliphatic heterocycles. The minimum atomic E-state index is 0.336. The van der Waals surface area contributed by atoms with Gasteiger partial charge in [-0.25, -0.2) is 4.98 Å². The second-order valence-electron chi connectivity index (χ2n) is 9.44. The molecule has 0 spiro atoms. The Bertz CT molecular complexity index is 842. The first kappa shape index (κ1) is 23.2. The van der Waals surface area contributed by atoms with E-state index in [-0.39, 0.29) is 0 Å². The molecule has 160 valence electrons. The van der Waals surface area contributed by atoms with Gasteiger partial charge in [0, 0.05) is 12.7 Å². The third-order valence-electron chi connectivity index (χ3n) is 5.05. The summed E-state index contributed by atoms with van der Waals surface area (Å²) in [7, 11) is 0. The number of hydrogen-bond acceptors (Lipinski definition) is 4. The molecule has 2 N–H and O–H groups in total. The smallest absolute Gasteiger partial charge is 0.137 e. The molecule has 0 aliphatic carbocycles. The lowest BCUT2D eigenvalue weighted by Crippen LogP contribution is -2.28. The first-order valence-electron chi connectivity index (χ1n) is 10.6.